The van der Waals surface area contributed by atoms with Gasteiger partial charge in [-0.25, -0.2) is 4.98 Å². The molecule has 19 heteroatoms. The number of nitrogens with zero attached hydrogens (tertiary/aromatic N) is 5. The van der Waals surface area contributed by atoms with Gasteiger partial charge in [-0.3, -0.25) is 29.3 Å². The summed E-state index contributed by atoms with van der Waals surface area (Å²) in [6.07, 6.45) is -2.56. The molecule has 0 bridgehead atoms. The number of aromatic amines is 2. The van der Waals surface area contributed by atoms with Gasteiger partial charge in [-0.1, -0.05) is 11.6 Å². The maximum atomic E-state index is 13.8. The summed E-state index contributed by atoms with van der Waals surface area (Å²) in [5, 5.41) is 17.4. The van der Waals surface area contributed by atoms with E-state index in [4.69, 9.17) is 28.2 Å². The normalized spacial score (nSPS) is 14.1. The van der Waals surface area contributed by atoms with E-state index in [-0.39, 0.29) is 102 Å². The SMILES string of the molecule is Nc1ccc(-c2[nH]nc(C(F)(F)F)c2Cc2cnc(C(=O)Nc3ccc(C(=O)N4CCN(C(=O)CC[C@H](N)C(=O)O)CC4)c(Cl)c3)[nH]2)nc1. The van der Waals surface area contributed by atoms with E-state index in [1.165, 1.54) is 47.6 Å². The highest BCUT2D eigenvalue weighted by molar-refractivity contribution is 6.34. The first-order chi connectivity index (χ1) is 23.2. The number of benzene rings is 1. The van der Waals surface area contributed by atoms with Gasteiger partial charge in [0.25, 0.3) is 11.8 Å². The van der Waals surface area contributed by atoms with Crippen LogP contribution in [0.4, 0.5) is 24.5 Å². The Bertz CT molecular complexity index is 1870. The standard InChI is InChI=1S/C30H30ClF3N10O5/c31-20-12-16(2-3-18(20)28(47)44-9-7-43(8-10-44)23(45)6-4-21(36)29(48)49)40-27(46)26-38-14-17(39-26)11-19-24(22-5-1-15(35)13-37-22)41-42-25(19)30(32,33)34/h1-3,5,12-14,21H,4,6-11,35-36H2,(H,38,39)(H,40,46)(H,41,42)(H,48,49)/t21-/m0/s1. The second kappa shape index (κ2) is 14.3. The van der Waals surface area contributed by atoms with Gasteiger partial charge >= 0.3 is 12.1 Å². The van der Waals surface area contributed by atoms with Crippen molar-refractivity contribution in [3.05, 3.63) is 76.1 Å². The number of pyridine rings is 1. The number of rotatable bonds is 10. The summed E-state index contributed by atoms with van der Waals surface area (Å²) >= 11 is 6.40. The lowest BCUT2D eigenvalue weighted by Crippen LogP contribution is -2.50. The third kappa shape index (κ3) is 8.15. The Balaban J connectivity index is 1.20. The summed E-state index contributed by atoms with van der Waals surface area (Å²) in [6.45, 7) is 0.960. The molecular weight excluding hydrogens is 673 g/mol. The van der Waals surface area contributed by atoms with E-state index in [0.717, 1.165) is 0 Å². The van der Waals surface area contributed by atoms with E-state index in [2.05, 4.69) is 30.5 Å². The Morgan fingerprint density at radius 2 is 1.76 bits per heavy atom. The van der Waals surface area contributed by atoms with Crippen molar-refractivity contribution in [3.8, 4) is 11.4 Å². The predicted molar refractivity (Wildman–Crippen MR) is 169 cm³/mol. The van der Waals surface area contributed by atoms with Crippen LogP contribution in [0, 0.1) is 0 Å². The first-order valence-electron chi connectivity index (χ1n) is 14.8. The van der Waals surface area contributed by atoms with Gasteiger partial charge in [0.15, 0.2) is 11.5 Å². The van der Waals surface area contributed by atoms with Crippen LogP contribution in [0.1, 0.15) is 50.8 Å². The Labute approximate surface area is 280 Å². The number of nitrogen functional groups attached to an aromatic ring is 1. The van der Waals surface area contributed by atoms with Crippen LogP contribution in [-0.4, -0.2) is 96.0 Å². The lowest BCUT2D eigenvalue weighted by atomic mass is 10.0. The highest BCUT2D eigenvalue weighted by atomic mass is 35.5. The number of carboxylic acids is 1. The van der Waals surface area contributed by atoms with Crippen molar-refractivity contribution in [1.29, 1.82) is 0 Å². The molecule has 1 aliphatic rings. The minimum Gasteiger partial charge on any atom is -0.480 e. The monoisotopic (exact) mass is 702 g/mol. The number of imidazole rings is 1. The number of anilines is 2. The van der Waals surface area contributed by atoms with Crippen molar-refractivity contribution < 1.29 is 37.5 Å². The molecular formula is C30H30ClF3N10O5. The average Bonchev–Trinajstić information content (AvgIpc) is 3.71. The number of carboxylic acid groups (broad SMARTS) is 1. The lowest BCUT2D eigenvalue weighted by molar-refractivity contribution is -0.142. The second-order valence-corrected chi connectivity index (χ2v) is 11.5. The van der Waals surface area contributed by atoms with Crippen molar-refractivity contribution in [2.75, 3.05) is 37.2 Å². The van der Waals surface area contributed by atoms with Crippen molar-refractivity contribution in [3.63, 3.8) is 0 Å². The summed E-state index contributed by atoms with van der Waals surface area (Å²) in [7, 11) is 0. The van der Waals surface area contributed by atoms with E-state index in [9.17, 15) is 32.3 Å². The van der Waals surface area contributed by atoms with Gasteiger partial charge in [0, 0.05) is 62.2 Å². The van der Waals surface area contributed by atoms with Gasteiger partial charge in [0.2, 0.25) is 5.91 Å². The van der Waals surface area contributed by atoms with Gasteiger partial charge < -0.3 is 36.7 Å². The Kier molecular flexibility index (Phi) is 10.2. The first-order valence-corrected chi connectivity index (χ1v) is 15.2. The number of H-pyrrole nitrogens is 2. The summed E-state index contributed by atoms with van der Waals surface area (Å²) in [6, 6.07) is 6.08. The van der Waals surface area contributed by atoms with Crippen molar-refractivity contribution in [2.24, 2.45) is 5.73 Å². The first kappa shape index (κ1) is 34.8. The Hall–Kier alpha value is -5.49. The molecule has 15 nitrogen and oxygen atoms in total. The van der Waals surface area contributed by atoms with Crippen molar-refractivity contribution in [2.45, 2.75) is 31.5 Å². The van der Waals surface area contributed by atoms with Crippen LogP contribution in [0.15, 0.2) is 42.7 Å². The third-order valence-electron chi connectivity index (χ3n) is 7.75. The molecule has 258 valence electrons. The number of amides is 3. The fraction of sp³-hybridized carbons (Fsp3) is 0.300. The van der Waals surface area contributed by atoms with E-state index < -0.39 is 29.8 Å². The lowest BCUT2D eigenvalue weighted by Gasteiger charge is -2.35. The molecule has 1 aliphatic heterocycles. The number of aliphatic carboxylic acids is 1. The highest BCUT2D eigenvalue weighted by Gasteiger charge is 2.38. The number of nitrogens with one attached hydrogen (secondary N) is 3. The molecule has 1 aromatic carbocycles. The van der Waals surface area contributed by atoms with E-state index in [1.54, 1.807) is 4.90 Å². The number of aromatic nitrogens is 5. The molecule has 3 aromatic heterocycles. The topological polar surface area (TPSA) is 229 Å². The maximum absolute atomic E-state index is 13.8. The summed E-state index contributed by atoms with van der Waals surface area (Å²) in [5.74, 6) is -2.72. The number of halogens is 4. The van der Waals surface area contributed by atoms with Gasteiger partial charge in [-0.15, -0.1) is 0 Å². The molecule has 8 N–H and O–H groups in total. The fourth-order valence-corrected chi connectivity index (χ4v) is 5.40. The van der Waals surface area contributed by atoms with Crippen LogP contribution in [0.3, 0.4) is 0 Å². The van der Waals surface area contributed by atoms with Crippen LogP contribution in [0.2, 0.25) is 5.02 Å². The molecule has 1 atom stereocenters. The third-order valence-corrected chi connectivity index (χ3v) is 8.06. The second-order valence-electron chi connectivity index (χ2n) is 11.1. The molecule has 4 heterocycles. The van der Waals surface area contributed by atoms with E-state index in [0.29, 0.717) is 5.69 Å². The van der Waals surface area contributed by atoms with Crippen molar-refractivity contribution >= 4 is 46.7 Å². The van der Waals surface area contributed by atoms with Crippen LogP contribution < -0.4 is 16.8 Å². The molecule has 5 rings (SSSR count). The van der Waals surface area contributed by atoms with Crippen LogP contribution in [0.5, 0.6) is 0 Å². The summed E-state index contributed by atoms with van der Waals surface area (Å²) in [4.78, 5) is 63.3. The number of hydrogen-bond donors (Lipinski definition) is 6. The molecule has 1 fully saturated rings. The number of alkyl halides is 3. The Morgan fingerprint density at radius 1 is 1.04 bits per heavy atom. The van der Waals surface area contributed by atoms with Crippen LogP contribution >= 0.6 is 11.6 Å². The molecule has 0 radical (unpaired) electrons. The van der Waals surface area contributed by atoms with Gasteiger partial charge in [-0.05, 0) is 36.8 Å². The Morgan fingerprint density at radius 3 is 2.39 bits per heavy atom. The molecule has 3 amide bonds. The maximum Gasteiger partial charge on any atom is 0.435 e. The molecule has 0 aliphatic carbocycles. The number of piperazine rings is 1. The van der Waals surface area contributed by atoms with E-state index >= 15 is 0 Å². The zero-order valence-electron chi connectivity index (χ0n) is 25.6. The summed E-state index contributed by atoms with van der Waals surface area (Å²) < 4.78 is 41.3. The molecule has 0 unspecified atom stereocenters. The molecule has 49 heavy (non-hydrogen) atoms. The van der Waals surface area contributed by atoms with Gasteiger partial charge in [0.1, 0.15) is 6.04 Å². The zero-order chi connectivity index (χ0) is 35.5. The number of carbonyl (C=O) groups excluding carboxylic acids is 3. The minimum absolute atomic E-state index is 0.00502. The molecule has 4 aromatic rings. The largest absolute Gasteiger partial charge is 0.480 e. The van der Waals surface area contributed by atoms with Gasteiger partial charge in [-0.2, -0.15) is 18.3 Å². The number of hydrogen-bond acceptors (Lipinski definition) is 9. The van der Waals surface area contributed by atoms with E-state index in [1.807, 2.05) is 0 Å². The zero-order valence-corrected chi connectivity index (χ0v) is 26.3. The minimum atomic E-state index is -4.77. The number of carbonyl (C=O) groups is 4. The molecule has 1 saturated heterocycles. The van der Waals surface area contributed by atoms with Gasteiger partial charge in [0.05, 0.1) is 33.9 Å². The summed E-state index contributed by atoms with van der Waals surface area (Å²) in [5.41, 5.74) is 10.9. The molecule has 0 saturated carbocycles. The van der Waals surface area contributed by atoms with Crippen molar-refractivity contribution in [1.82, 2.24) is 34.9 Å². The quantitative estimate of drug-likeness (QED) is 0.142. The fourth-order valence-electron chi connectivity index (χ4n) is 5.14. The smallest absolute Gasteiger partial charge is 0.435 e. The number of nitrogens with two attached hydrogens (primary N) is 2. The van der Waals surface area contributed by atoms with Crippen LogP contribution in [0.25, 0.3) is 11.4 Å². The molecule has 0 spiro atoms. The van der Waals surface area contributed by atoms with Crippen LogP contribution in [-0.2, 0) is 22.2 Å². The average molecular weight is 703 g/mol. The highest BCUT2D eigenvalue weighted by Crippen LogP contribution is 2.35. The predicted octanol–water partition coefficient (Wildman–Crippen LogP) is 2.77.